The van der Waals surface area contributed by atoms with Crippen LogP contribution >= 0.6 is 23.5 Å². The van der Waals surface area contributed by atoms with Crippen LogP contribution in [0.25, 0.3) is 0 Å². The van der Waals surface area contributed by atoms with E-state index in [0.717, 1.165) is 11.3 Å². The van der Waals surface area contributed by atoms with Gasteiger partial charge in [0.2, 0.25) is 5.88 Å². The predicted molar refractivity (Wildman–Crippen MR) is 90.9 cm³/mol. The smallest absolute Gasteiger partial charge is 0.229 e. The van der Waals surface area contributed by atoms with Crippen LogP contribution in [0.3, 0.4) is 0 Å². The number of Topliss-reactive ketones (excluding diaryl/α,β-unsaturated/α-hetero) is 1. The quantitative estimate of drug-likeness (QED) is 0.475. The molecule has 0 N–H and O–H groups in total. The van der Waals surface area contributed by atoms with Crippen molar-refractivity contribution in [2.45, 2.75) is 21.9 Å². The molecule has 0 saturated heterocycles. The lowest BCUT2D eigenvalue weighted by molar-refractivity contribution is 0.0971. The van der Waals surface area contributed by atoms with Gasteiger partial charge < -0.3 is 9.47 Å². The van der Waals surface area contributed by atoms with Crippen molar-refractivity contribution in [3.63, 3.8) is 0 Å². The van der Waals surface area contributed by atoms with Gasteiger partial charge in [0, 0.05) is 11.7 Å². The SMILES string of the molecule is COc1ccc(C2CC(=O)c3c(OC)nc(SC)nc3S2)cc1. The highest BCUT2D eigenvalue weighted by Crippen LogP contribution is 2.46. The Kier molecular flexibility index (Phi) is 4.77. The fourth-order valence-corrected chi connectivity index (χ4v) is 4.09. The normalized spacial score (nSPS) is 16.8. The topological polar surface area (TPSA) is 61.3 Å². The van der Waals surface area contributed by atoms with Gasteiger partial charge >= 0.3 is 0 Å². The van der Waals surface area contributed by atoms with Crippen molar-refractivity contribution in [1.82, 2.24) is 9.97 Å². The second-order valence-electron chi connectivity index (χ2n) is 4.91. The van der Waals surface area contributed by atoms with Crippen molar-refractivity contribution in [3.8, 4) is 11.6 Å². The Hall–Kier alpha value is -1.73. The first-order valence-electron chi connectivity index (χ1n) is 7.00. The molecule has 1 aliphatic rings. The van der Waals surface area contributed by atoms with E-state index in [9.17, 15) is 4.79 Å². The summed E-state index contributed by atoms with van der Waals surface area (Å²) in [7, 11) is 3.16. The molecule has 1 unspecified atom stereocenters. The first kappa shape index (κ1) is 16.1. The second kappa shape index (κ2) is 6.80. The summed E-state index contributed by atoms with van der Waals surface area (Å²) in [5.41, 5.74) is 1.58. The number of thioether (sulfide) groups is 2. The van der Waals surface area contributed by atoms with Gasteiger partial charge in [-0.2, -0.15) is 4.98 Å². The highest BCUT2D eigenvalue weighted by atomic mass is 32.2. The van der Waals surface area contributed by atoms with Gasteiger partial charge in [-0.1, -0.05) is 35.7 Å². The van der Waals surface area contributed by atoms with E-state index in [2.05, 4.69) is 9.97 Å². The van der Waals surface area contributed by atoms with Crippen molar-refractivity contribution < 1.29 is 14.3 Å². The van der Waals surface area contributed by atoms with E-state index in [0.29, 0.717) is 28.0 Å². The molecule has 0 saturated carbocycles. The summed E-state index contributed by atoms with van der Waals surface area (Å²) in [6, 6.07) is 7.79. The van der Waals surface area contributed by atoms with Crippen LogP contribution in [-0.4, -0.2) is 36.2 Å². The fourth-order valence-electron chi connectivity index (χ4n) is 2.42. The average molecular weight is 348 g/mol. The minimum absolute atomic E-state index is 0.0177. The van der Waals surface area contributed by atoms with Gasteiger partial charge in [0.1, 0.15) is 16.3 Å². The van der Waals surface area contributed by atoms with Crippen LogP contribution in [0, 0.1) is 0 Å². The average Bonchev–Trinajstić information content (AvgIpc) is 2.60. The third-order valence-electron chi connectivity index (χ3n) is 3.59. The molecule has 0 spiro atoms. The van der Waals surface area contributed by atoms with Crippen molar-refractivity contribution >= 4 is 29.3 Å². The third-order valence-corrected chi connectivity index (χ3v) is 5.38. The van der Waals surface area contributed by atoms with Gasteiger partial charge in [-0.25, -0.2) is 4.98 Å². The van der Waals surface area contributed by atoms with E-state index in [-0.39, 0.29) is 11.0 Å². The third kappa shape index (κ3) is 3.16. The Morgan fingerprint density at radius 3 is 2.52 bits per heavy atom. The van der Waals surface area contributed by atoms with E-state index in [1.807, 2.05) is 30.5 Å². The number of nitrogens with zero attached hydrogens (tertiary/aromatic N) is 2. The molecule has 2 heterocycles. The summed E-state index contributed by atoms with van der Waals surface area (Å²) in [4.78, 5) is 21.3. The van der Waals surface area contributed by atoms with Gasteiger partial charge in [0.15, 0.2) is 10.9 Å². The van der Waals surface area contributed by atoms with Crippen molar-refractivity contribution in [1.29, 1.82) is 0 Å². The summed E-state index contributed by atoms with van der Waals surface area (Å²) in [5, 5.41) is 1.34. The number of aromatic nitrogens is 2. The molecule has 0 aliphatic carbocycles. The number of methoxy groups -OCH3 is 2. The molecule has 5 nitrogen and oxygen atoms in total. The van der Waals surface area contributed by atoms with Crippen LogP contribution in [0.5, 0.6) is 11.6 Å². The molecule has 0 fully saturated rings. The van der Waals surface area contributed by atoms with Crippen molar-refractivity contribution in [2.24, 2.45) is 0 Å². The minimum atomic E-state index is 0.0177. The Morgan fingerprint density at radius 2 is 1.91 bits per heavy atom. The number of hydrogen-bond donors (Lipinski definition) is 0. The van der Waals surface area contributed by atoms with Crippen LogP contribution in [-0.2, 0) is 0 Å². The minimum Gasteiger partial charge on any atom is -0.497 e. The Labute approximate surface area is 143 Å². The van der Waals surface area contributed by atoms with Crippen LogP contribution in [0.2, 0.25) is 0 Å². The summed E-state index contributed by atoms with van der Waals surface area (Å²) >= 11 is 3.01. The molecule has 1 aromatic heterocycles. The number of carbonyl (C=O) groups excluding carboxylic acids is 1. The molecule has 3 rings (SSSR count). The van der Waals surface area contributed by atoms with E-state index in [1.54, 1.807) is 18.9 Å². The molecular formula is C16H16N2O3S2. The predicted octanol–water partition coefficient (Wildman–Crippen LogP) is 3.64. The zero-order chi connectivity index (χ0) is 16.4. The van der Waals surface area contributed by atoms with E-state index < -0.39 is 0 Å². The molecule has 0 amide bonds. The lowest BCUT2D eigenvalue weighted by Gasteiger charge is -2.23. The number of rotatable bonds is 4. The molecule has 1 aromatic carbocycles. The molecule has 0 bridgehead atoms. The first-order valence-corrected chi connectivity index (χ1v) is 9.10. The second-order valence-corrected chi connectivity index (χ2v) is 6.87. The maximum absolute atomic E-state index is 12.6. The standard InChI is InChI=1S/C16H16N2O3S2/c1-20-10-6-4-9(5-7-10)12-8-11(19)13-14(21-2)17-16(22-3)18-15(13)23-12/h4-7,12H,8H2,1-3H3. The summed E-state index contributed by atoms with van der Waals surface area (Å²) in [5.74, 6) is 1.18. The number of ketones is 1. The maximum atomic E-state index is 12.6. The number of fused-ring (bicyclic) bond motifs is 1. The lowest BCUT2D eigenvalue weighted by Crippen LogP contribution is -2.16. The van der Waals surface area contributed by atoms with Gasteiger partial charge in [0.05, 0.1) is 14.2 Å². The molecule has 1 atom stereocenters. The van der Waals surface area contributed by atoms with E-state index >= 15 is 0 Å². The number of carbonyl (C=O) groups is 1. The molecule has 23 heavy (non-hydrogen) atoms. The van der Waals surface area contributed by atoms with Crippen molar-refractivity contribution in [3.05, 3.63) is 35.4 Å². The Morgan fingerprint density at radius 1 is 1.17 bits per heavy atom. The zero-order valence-electron chi connectivity index (χ0n) is 13.0. The molecule has 120 valence electrons. The molecule has 7 heteroatoms. The molecular weight excluding hydrogens is 332 g/mol. The van der Waals surface area contributed by atoms with Gasteiger partial charge in [-0.3, -0.25) is 4.79 Å². The molecule has 1 aliphatic heterocycles. The fraction of sp³-hybridized carbons (Fsp3) is 0.312. The number of benzene rings is 1. The largest absolute Gasteiger partial charge is 0.497 e. The summed E-state index contributed by atoms with van der Waals surface area (Å²) < 4.78 is 10.5. The van der Waals surface area contributed by atoms with E-state index in [4.69, 9.17) is 9.47 Å². The van der Waals surface area contributed by atoms with Crippen LogP contribution in [0.4, 0.5) is 0 Å². The van der Waals surface area contributed by atoms with Gasteiger partial charge in [0.25, 0.3) is 0 Å². The number of ether oxygens (including phenoxy) is 2. The van der Waals surface area contributed by atoms with Crippen LogP contribution in [0.15, 0.2) is 34.4 Å². The highest BCUT2D eigenvalue weighted by Gasteiger charge is 2.32. The lowest BCUT2D eigenvalue weighted by atomic mass is 10.0. The monoisotopic (exact) mass is 348 g/mol. The van der Waals surface area contributed by atoms with E-state index in [1.165, 1.54) is 18.9 Å². The molecule has 2 aromatic rings. The van der Waals surface area contributed by atoms with Crippen molar-refractivity contribution in [2.75, 3.05) is 20.5 Å². The van der Waals surface area contributed by atoms with Crippen LogP contribution in [0.1, 0.15) is 27.6 Å². The van der Waals surface area contributed by atoms with Gasteiger partial charge in [-0.15, -0.1) is 0 Å². The molecule has 0 radical (unpaired) electrons. The first-order chi connectivity index (χ1) is 11.2. The Balaban J connectivity index is 1.97. The number of hydrogen-bond acceptors (Lipinski definition) is 7. The zero-order valence-corrected chi connectivity index (χ0v) is 14.7. The summed E-state index contributed by atoms with van der Waals surface area (Å²) in [6.45, 7) is 0. The highest BCUT2D eigenvalue weighted by molar-refractivity contribution is 8.00. The van der Waals surface area contributed by atoms with Gasteiger partial charge in [-0.05, 0) is 24.0 Å². The maximum Gasteiger partial charge on any atom is 0.229 e. The summed E-state index contributed by atoms with van der Waals surface area (Å²) in [6.07, 6.45) is 2.31. The Bertz CT molecular complexity index is 735. The van der Waals surface area contributed by atoms with Crippen LogP contribution < -0.4 is 9.47 Å².